The maximum absolute atomic E-state index is 12.5. The highest BCUT2D eigenvalue weighted by molar-refractivity contribution is 7.88. The molecule has 8 heteroatoms. The molecular weight excluding hydrogens is 374 g/mol. The molecule has 1 aliphatic rings. The minimum absolute atomic E-state index is 0.184. The first kappa shape index (κ1) is 18.8. The van der Waals surface area contributed by atoms with Gasteiger partial charge in [-0.25, -0.2) is 8.42 Å². The summed E-state index contributed by atoms with van der Waals surface area (Å²) in [7, 11) is -3.25. The van der Waals surface area contributed by atoms with E-state index in [0.29, 0.717) is 36.5 Å². The van der Waals surface area contributed by atoms with E-state index in [1.54, 1.807) is 12.4 Å². The monoisotopic (exact) mass is 393 g/mol. The van der Waals surface area contributed by atoms with Crippen LogP contribution in [0.15, 0.2) is 36.7 Å². The molecule has 0 bridgehead atoms. The Balaban J connectivity index is 1.66. The molecule has 0 aliphatic carbocycles. The van der Waals surface area contributed by atoms with Crippen LogP contribution in [0, 0.1) is 0 Å². The van der Waals surface area contributed by atoms with Crippen molar-refractivity contribution in [3.63, 3.8) is 0 Å². The molecule has 2 heterocycles. The van der Waals surface area contributed by atoms with Crippen LogP contribution in [-0.2, 0) is 29.4 Å². The first-order valence-electron chi connectivity index (χ1n) is 8.28. The fourth-order valence-corrected chi connectivity index (χ4v) is 3.94. The van der Waals surface area contributed by atoms with Gasteiger partial charge in [-0.05, 0) is 41.7 Å². The molecule has 0 radical (unpaired) electrons. The summed E-state index contributed by atoms with van der Waals surface area (Å²) in [6.45, 7) is 1.13. The van der Waals surface area contributed by atoms with Gasteiger partial charge >= 0.3 is 0 Å². The number of sulfonamides is 1. The molecule has 6 nitrogen and oxygen atoms in total. The highest BCUT2D eigenvalue weighted by atomic mass is 35.5. The number of amides is 1. The number of nitrogens with one attached hydrogen (secondary N) is 1. The lowest BCUT2D eigenvalue weighted by Gasteiger charge is -2.27. The van der Waals surface area contributed by atoms with Crippen molar-refractivity contribution in [2.24, 2.45) is 0 Å². The van der Waals surface area contributed by atoms with E-state index in [-0.39, 0.29) is 12.5 Å². The van der Waals surface area contributed by atoms with Gasteiger partial charge in [0.25, 0.3) is 5.91 Å². The minimum atomic E-state index is -3.25. The third-order valence-electron chi connectivity index (χ3n) is 4.43. The summed E-state index contributed by atoms with van der Waals surface area (Å²) in [5.74, 6) is -0.184. The highest BCUT2D eigenvalue weighted by Crippen LogP contribution is 2.23. The lowest BCUT2D eigenvalue weighted by molar-refractivity contribution is 0.0952. The Morgan fingerprint density at radius 2 is 2.00 bits per heavy atom. The molecule has 26 heavy (non-hydrogen) atoms. The van der Waals surface area contributed by atoms with Crippen molar-refractivity contribution >= 4 is 27.5 Å². The van der Waals surface area contributed by atoms with E-state index in [1.165, 1.54) is 10.6 Å². The van der Waals surface area contributed by atoms with Crippen molar-refractivity contribution in [2.75, 3.05) is 19.3 Å². The van der Waals surface area contributed by atoms with Crippen molar-refractivity contribution in [3.05, 3.63) is 63.9 Å². The van der Waals surface area contributed by atoms with Gasteiger partial charge in [0, 0.05) is 37.1 Å². The number of nitrogens with zero attached hydrogens (tertiary/aromatic N) is 2. The summed E-state index contributed by atoms with van der Waals surface area (Å²) >= 11 is 5.86. The highest BCUT2D eigenvalue weighted by Gasteiger charge is 2.26. The molecule has 1 aromatic carbocycles. The van der Waals surface area contributed by atoms with Crippen LogP contribution in [-0.4, -0.2) is 43.0 Å². The number of halogens is 1. The summed E-state index contributed by atoms with van der Waals surface area (Å²) in [5.41, 5.74) is 3.27. The van der Waals surface area contributed by atoms with Gasteiger partial charge in [-0.3, -0.25) is 9.78 Å². The largest absolute Gasteiger partial charge is 0.352 e. The SMILES string of the molecule is CS(=O)(=O)N1CCc2c(cncc2C(=O)NCCc2ccc(Cl)cc2)C1. The Hall–Kier alpha value is -1.96. The number of carbonyl (C=O) groups is 1. The van der Waals surface area contributed by atoms with Crippen LogP contribution in [0.4, 0.5) is 0 Å². The predicted octanol–water partition coefficient (Wildman–Crippen LogP) is 2.03. The number of benzene rings is 1. The zero-order chi connectivity index (χ0) is 18.7. The standard InChI is InChI=1S/C18H20ClN3O3S/c1-26(24,25)22-9-7-16-14(12-22)10-20-11-17(16)18(23)21-8-6-13-2-4-15(19)5-3-13/h2-5,10-11H,6-9,12H2,1H3,(H,21,23). The number of rotatable bonds is 5. The molecule has 1 aliphatic heterocycles. The van der Waals surface area contributed by atoms with Crippen molar-refractivity contribution < 1.29 is 13.2 Å². The van der Waals surface area contributed by atoms with Crippen LogP contribution in [0.25, 0.3) is 0 Å². The van der Waals surface area contributed by atoms with E-state index < -0.39 is 10.0 Å². The lowest BCUT2D eigenvalue weighted by atomic mass is 9.98. The van der Waals surface area contributed by atoms with E-state index in [0.717, 1.165) is 16.7 Å². The minimum Gasteiger partial charge on any atom is -0.352 e. The Morgan fingerprint density at radius 1 is 1.27 bits per heavy atom. The smallest absolute Gasteiger partial charge is 0.253 e. The second-order valence-electron chi connectivity index (χ2n) is 6.30. The first-order chi connectivity index (χ1) is 12.3. The molecule has 3 rings (SSSR count). The van der Waals surface area contributed by atoms with Gasteiger partial charge in [0.15, 0.2) is 0 Å². The predicted molar refractivity (Wildman–Crippen MR) is 101 cm³/mol. The molecule has 0 saturated carbocycles. The van der Waals surface area contributed by atoms with Gasteiger partial charge in [-0.2, -0.15) is 4.31 Å². The fourth-order valence-electron chi connectivity index (χ4n) is 3.01. The van der Waals surface area contributed by atoms with Crippen LogP contribution in [0.2, 0.25) is 5.02 Å². The Labute approximate surface area is 158 Å². The van der Waals surface area contributed by atoms with E-state index >= 15 is 0 Å². The molecule has 1 amide bonds. The van der Waals surface area contributed by atoms with Gasteiger partial charge in [0.1, 0.15) is 0 Å². The van der Waals surface area contributed by atoms with Gasteiger partial charge in [0.05, 0.1) is 11.8 Å². The number of hydrogen-bond acceptors (Lipinski definition) is 4. The topological polar surface area (TPSA) is 79.4 Å². The summed E-state index contributed by atoms with van der Waals surface area (Å²) < 4.78 is 24.9. The van der Waals surface area contributed by atoms with E-state index in [2.05, 4.69) is 10.3 Å². The van der Waals surface area contributed by atoms with Gasteiger partial charge in [-0.15, -0.1) is 0 Å². The molecule has 0 spiro atoms. The molecule has 0 fully saturated rings. The fraction of sp³-hybridized carbons (Fsp3) is 0.333. The van der Waals surface area contributed by atoms with Crippen molar-refractivity contribution in [1.82, 2.24) is 14.6 Å². The summed E-state index contributed by atoms with van der Waals surface area (Å²) in [4.78, 5) is 16.6. The molecule has 0 atom stereocenters. The number of hydrogen-bond donors (Lipinski definition) is 1. The maximum Gasteiger partial charge on any atom is 0.253 e. The normalized spacial score (nSPS) is 14.7. The lowest BCUT2D eigenvalue weighted by Crippen LogP contribution is -2.36. The van der Waals surface area contributed by atoms with Crippen LogP contribution in [0.3, 0.4) is 0 Å². The second-order valence-corrected chi connectivity index (χ2v) is 8.72. The van der Waals surface area contributed by atoms with Crippen molar-refractivity contribution in [1.29, 1.82) is 0 Å². The molecule has 1 N–H and O–H groups in total. The molecular formula is C18H20ClN3O3S. The van der Waals surface area contributed by atoms with E-state index in [9.17, 15) is 13.2 Å². The average molecular weight is 394 g/mol. The number of fused-ring (bicyclic) bond motifs is 1. The van der Waals surface area contributed by atoms with Crippen LogP contribution in [0.5, 0.6) is 0 Å². The zero-order valence-corrected chi connectivity index (χ0v) is 16.0. The Morgan fingerprint density at radius 3 is 2.69 bits per heavy atom. The molecule has 138 valence electrons. The Kier molecular flexibility index (Phi) is 5.60. The second kappa shape index (κ2) is 7.73. The van der Waals surface area contributed by atoms with Crippen LogP contribution < -0.4 is 5.32 Å². The molecule has 2 aromatic rings. The summed E-state index contributed by atoms with van der Waals surface area (Å²) in [6, 6.07) is 7.51. The molecule has 1 aromatic heterocycles. The van der Waals surface area contributed by atoms with E-state index in [1.807, 2.05) is 24.3 Å². The van der Waals surface area contributed by atoms with Gasteiger partial charge in [0.2, 0.25) is 10.0 Å². The van der Waals surface area contributed by atoms with Crippen LogP contribution in [0.1, 0.15) is 27.0 Å². The van der Waals surface area contributed by atoms with Gasteiger partial charge in [-0.1, -0.05) is 23.7 Å². The zero-order valence-electron chi connectivity index (χ0n) is 14.4. The third-order valence-corrected chi connectivity index (χ3v) is 5.93. The van der Waals surface area contributed by atoms with Crippen molar-refractivity contribution in [2.45, 2.75) is 19.4 Å². The van der Waals surface area contributed by atoms with Crippen LogP contribution >= 0.6 is 11.6 Å². The first-order valence-corrected chi connectivity index (χ1v) is 10.5. The third kappa shape index (κ3) is 4.41. The average Bonchev–Trinajstić information content (AvgIpc) is 2.61. The number of pyridine rings is 1. The number of carbonyl (C=O) groups excluding carboxylic acids is 1. The van der Waals surface area contributed by atoms with E-state index in [4.69, 9.17) is 11.6 Å². The van der Waals surface area contributed by atoms with Crippen molar-refractivity contribution in [3.8, 4) is 0 Å². The molecule has 0 unspecified atom stereocenters. The Bertz CT molecular complexity index is 914. The number of aromatic nitrogens is 1. The molecule has 0 saturated heterocycles. The summed E-state index contributed by atoms with van der Waals surface area (Å²) in [6.07, 6.45) is 5.58. The quantitative estimate of drug-likeness (QED) is 0.842. The maximum atomic E-state index is 12.5. The summed E-state index contributed by atoms with van der Waals surface area (Å²) in [5, 5.41) is 3.59. The van der Waals surface area contributed by atoms with Gasteiger partial charge < -0.3 is 5.32 Å².